The molecule has 24 heavy (non-hydrogen) atoms. The minimum Gasteiger partial charge on any atom is -0.480 e. The van der Waals surface area contributed by atoms with Crippen LogP contribution in [0.25, 0.3) is 0 Å². The summed E-state index contributed by atoms with van der Waals surface area (Å²) in [5.74, 6) is -5.45. The van der Waals surface area contributed by atoms with Crippen LogP contribution in [-0.2, 0) is 20.9 Å². The highest BCUT2D eigenvalue weighted by atomic mass is 35.5. The van der Waals surface area contributed by atoms with Crippen LogP contribution in [-0.4, -0.2) is 39.5 Å². The van der Waals surface area contributed by atoms with Crippen LogP contribution in [0.15, 0.2) is 18.2 Å². The number of aliphatic carboxylic acids is 2. The quantitative estimate of drug-likeness (QED) is 0.724. The van der Waals surface area contributed by atoms with Gasteiger partial charge >= 0.3 is 11.9 Å². The molecule has 0 saturated heterocycles. The van der Waals surface area contributed by atoms with Gasteiger partial charge in [0, 0.05) is 21.9 Å². The van der Waals surface area contributed by atoms with Gasteiger partial charge in [0.2, 0.25) is 5.67 Å². The van der Waals surface area contributed by atoms with Gasteiger partial charge in [0.25, 0.3) is 0 Å². The Hall–Kier alpha value is -1.41. The predicted molar refractivity (Wildman–Crippen MR) is 82.7 cm³/mol. The van der Waals surface area contributed by atoms with E-state index in [1.165, 1.54) is 6.07 Å². The van der Waals surface area contributed by atoms with E-state index in [9.17, 15) is 19.1 Å². The highest BCUT2D eigenvalue weighted by molar-refractivity contribution is 6.34. The van der Waals surface area contributed by atoms with Crippen molar-refractivity contribution in [1.29, 1.82) is 0 Å². The molecular weight excluding hydrogens is 364 g/mol. The van der Waals surface area contributed by atoms with Gasteiger partial charge in [0.05, 0.1) is 12.7 Å². The number of nitrogens with two attached hydrogens (primary N) is 1. The Balaban J connectivity index is 1.78. The summed E-state index contributed by atoms with van der Waals surface area (Å²) in [7, 11) is 0. The van der Waals surface area contributed by atoms with Gasteiger partial charge < -0.3 is 20.7 Å². The monoisotopic (exact) mass is 377 g/mol. The van der Waals surface area contributed by atoms with Crippen LogP contribution in [0.1, 0.15) is 12.0 Å². The zero-order chi connectivity index (χ0) is 17.9. The molecule has 1 aromatic rings. The average molecular weight is 378 g/mol. The summed E-state index contributed by atoms with van der Waals surface area (Å²) in [6.45, 7) is -0.0248. The van der Waals surface area contributed by atoms with Crippen LogP contribution in [0.3, 0.4) is 0 Å². The highest BCUT2D eigenvalue weighted by Crippen LogP contribution is 2.67. The molecule has 3 unspecified atom stereocenters. The Morgan fingerprint density at radius 2 is 1.83 bits per heavy atom. The van der Waals surface area contributed by atoms with Gasteiger partial charge in [-0.3, -0.25) is 4.79 Å². The largest absolute Gasteiger partial charge is 0.480 e. The third kappa shape index (κ3) is 2.38. The minimum absolute atomic E-state index is 0.0248. The maximum absolute atomic E-state index is 14.4. The molecule has 0 bridgehead atoms. The van der Waals surface area contributed by atoms with Crippen molar-refractivity contribution in [3.8, 4) is 0 Å². The molecule has 2 aliphatic carbocycles. The summed E-state index contributed by atoms with van der Waals surface area (Å²) in [5.41, 5.74) is 1.79. The molecule has 2 fully saturated rings. The molecule has 2 saturated carbocycles. The first-order valence-electron chi connectivity index (χ1n) is 7.13. The summed E-state index contributed by atoms with van der Waals surface area (Å²) in [6.07, 6.45) is -1.09. The number of rotatable bonds is 5. The lowest BCUT2D eigenvalue weighted by Crippen LogP contribution is -2.60. The fourth-order valence-electron chi connectivity index (χ4n) is 3.70. The molecule has 0 radical (unpaired) electrons. The zero-order valence-electron chi connectivity index (χ0n) is 12.2. The van der Waals surface area contributed by atoms with E-state index >= 15 is 0 Å². The first kappa shape index (κ1) is 17.4. The van der Waals surface area contributed by atoms with E-state index in [0.29, 0.717) is 15.6 Å². The summed E-state index contributed by atoms with van der Waals surface area (Å²) >= 11 is 11.8. The number of hydrogen-bond acceptors (Lipinski definition) is 4. The van der Waals surface area contributed by atoms with E-state index in [-0.39, 0.29) is 13.0 Å². The van der Waals surface area contributed by atoms with Gasteiger partial charge in [-0.25, -0.2) is 9.18 Å². The molecule has 3 rings (SSSR count). The Labute approximate surface area is 146 Å². The smallest absolute Gasteiger partial charge is 0.342 e. The lowest BCUT2D eigenvalue weighted by molar-refractivity contribution is -0.156. The molecule has 4 N–H and O–H groups in total. The molecule has 0 aliphatic heterocycles. The molecular formula is C15H14Cl2FNO5. The lowest BCUT2D eigenvalue weighted by Gasteiger charge is -2.31. The highest BCUT2D eigenvalue weighted by Gasteiger charge is 2.85. The van der Waals surface area contributed by atoms with E-state index in [2.05, 4.69) is 0 Å². The summed E-state index contributed by atoms with van der Waals surface area (Å²) in [4.78, 5) is 22.7. The van der Waals surface area contributed by atoms with Crippen molar-refractivity contribution in [1.82, 2.24) is 0 Å². The molecule has 2 aliphatic rings. The van der Waals surface area contributed by atoms with E-state index in [4.69, 9.17) is 38.8 Å². The third-order valence-electron chi connectivity index (χ3n) is 4.87. The molecule has 0 aromatic heterocycles. The number of halogens is 3. The molecule has 0 amide bonds. The minimum atomic E-state index is -2.60. The second-order valence-electron chi connectivity index (χ2n) is 6.21. The van der Waals surface area contributed by atoms with Gasteiger partial charge in [-0.15, -0.1) is 0 Å². The normalized spacial score (nSPS) is 37.1. The number of carboxylic acid groups (broad SMARTS) is 2. The van der Waals surface area contributed by atoms with Gasteiger partial charge in [-0.2, -0.15) is 0 Å². The van der Waals surface area contributed by atoms with Gasteiger partial charge in [0.1, 0.15) is 5.54 Å². The molecule has 6 nitrogen and oxygen atoms in total. The average Bonchev–Trinajstić information content (AvgIpc) is 2.93. The summed E-state index contributed by atoms with van der Waals surface area (Å²) in [5, 5.41) is 19.2. The second-order valence-corrected chi connectivity index (χ2v) is 7.08. The van der Waals surface area contributed by atoms with E-state index in [1.54, 1.807) is 12.1 Å². The number of carbonyl (C=O) groups is 2. The van der Waals surface area contributed by atoms with E-state index in [1.807, 2.05) is 0 Å². The number of alkyl halides is 1. The standard InChI is InChI=1S/C15H14Cl2FNO5/c16-7-1-6(2-8(17)3-7)5-24-10-4-9-11(14(9,18)12(20)21)15(10,19)13(22)23/h1-3,9-11H,4-5,19H2,(H,20,21)(H,22,23)/t9?,10?,11?,14-,15+/m1/s1. The number of fused-ring (bicyclic) bond motifs is 1. The fraction of sp³-hybridized carbons (Fsp3) is 0.467. The lowest BCUT2D eigenvalue weighted by atomic mass is 9.88. The van der Waals surface area contributed by atoms with Crippen LogP contribution in [0.5, 0.6) is 0 Å². The summed E-state index contributed by atoms with van der Waals surface area (Å²) in [6, 6.07) is 4.73. The van der Waals surface area contributed by atoms with Crippen molar-refractivity contribution >= 4 is 35.1 Å². The van der Waals surface area contributed by atoms with Crippen LogP contribution < -0.4 is 5.73 Å². The number of ether oxygens (including phenoxy) is 1. The first-order valence-corrected chi connectivity index (χ1v) is 7.88. The number of benzene rings is 1. The van der Waals surface area contributed by atoms with Gasteiger partial charge in [-0.1, -0.05) is 23.2 Å². The predicted octanol–water partition coefficient (Wildman–Crippen LogP) is 2.10. The van der Waals surface area contributed by atoms with Crippen molar-refractivity contribution < 1.29 is 28.9 Å². The number of hydrogen-bond donors (Lipinski definition) is 3. The van der Waals surface area contributed by atoms with Crippen molar-refractivity contribution in [3.05, 3.63) is 33.8 Å². The first-order chi connectivity index (χ1) is 11.1. The molecule has 0 spiro atoms. The Morgan fingerprint density at radius 1 is 1.25 bits per heavy atom. The fourth-order valence-corrected chi connectivity index (χ4v) is 4.27. The molecule has 5 atom stereocenters. The van der Waals surface area contributed by atoms with Crippen molar-refractivity contribution in [2.45, 2.75) is 30.3 Å². The Bertz CT molecular complexity index is 712. The van der Waals surface area contributed by atoms with Crippen molar-refractivity contribution in [2.24, 2.45) is 17.6 Å². The molecule has 130 valence electrons. The second kappa shape index (κ2) is 5.56. The van der Waals surface area contributed by atoms with E-state index in [0.717, 1.165) is 0 Å². The van der Waals surface area contributed by atoms with Gasteiger partial charge in [-0.05, 0) is 30.2 Å². The van der Waals surface area contributed by atoms with Crippen molar-refractivity contribution in [3.63, 3.8) is 0 Å². The van der Waals surface area contributed by atoms with E-state index < -0.39 is 41.1 Å². The van der Waals surface area contributed by atoms with Crippen LogP contribution in [0.4, 0.5) is 4.39 Å². The molecule has 9 heteroatoms. The molecule has 0 heterocycles. The third-order valence-corrected chi connectivity index (χ3v) is 5.31. The van der Waals surface area contributed by atoms with Crippen LogP contribution in [0.2, 0.25) is 10.0 Å². The Morgan fingerprint density at radius 3 is 2.33 bits per heavy atom. The van der Waals surface area contributed by atoms with Crippen molar-refractivity contribution in [2.75, 3.05) is 0 Å². The topological polar surface area (TPSA) is 110 Å². The Kier molecular flexibility index (Phi) is 4.03. The van der Waals surface area contributed by atoms with Crippen LogP contribution in [0, 0.1) is 11.8 Å². The van der Waals surface area contributed by atoms with Crippen LogP contribution >= 0.6 is 23.2 Å². The maximum Gasteiger partial charge on any atom is 0.342 e. The maximum atomic E-state index is 14.4. The van der Waals surface area contributed by atoms with Gasteiger partial charge in [0.15, 0.2) is 0 Å². The number of carboxylic acids is 2. The molecule has 1 aromatic carbocycles. The SMILES string of the molecule is N[C@@]1(C(=O)O)C(OCc2cc(Cl)cc(Cl)c2)CC2C1[C@@]2(F)C(=O)O. The zero-order valence-corrected chi connectivity index (χ0v) is 13.7. The summed E-state index contributed by atoms with van der Waals surface area (Å²) < 4.78 is 20.0.